The van der Waals surface area contributed by atoms with Crippen LogP contribution in [-0.4, -0.2) is 68.7 Å². The molecule has 1 heterocycles. The van der Waals surface area contributed by atoms with Crippen molar-refractivity contribution >= 4 is 10.0 Å². The lowest BCUT2D eigenvalue weighted by atomic mass is 10.2. The number of rotatable bonds is 10. The maximum absolute atomic E-state index is 12.3. The summed E-state index contributed by atoms with van der Waals surface area (Å²) in [7, 11) is -3.05. The van der Waals surface area contributed by atoms with E-state index in [0.717, 1.165) is 45.4 Å². The Balaban J connectivity index is 2.37. The normalized spacial score (nSPS) is 20.9. The zero-order valence-electron chi connectivity index (χ0n) is 13.3. The predicted molar refractivity (Wildman–Crippen MR) is 84.5 cm³/mol. The van der Waals surface area contributed by atoms with Crippen molar-refractivity contribution in [2.45, 2.75) is 46.1 Å². The van der Waals surface area contributed by atoms with Gasteiger partial charge in [-0.2, -0.15) is 0 Å². The van der Waals surface area contributed by atoms with Crippen molar-refractivity contribution in [1.82, 2.24) is 14.5 Å². The fourth-order valence-electron chi connectivity index (χ4n) is 2.84. The van der Waals surface area contributed by atoms with Gasteiger partial charge in [-0.15, -0.1) is 0 Å². The van der Waals surface area contributed by atoms with Crippen LogP contribution in [0.2, 0.25) is 0 Å². The van der Waals surface area contributed by atoms with Crippen molar-refractivity contribution in [1.29, 1.82) is 0 Å². The van der Waals surface area contributed by atoms with Crippen molar-refractivity contribution in [3.8, 4) is 0 Å². The fourth-order valence-corrected chi connectivity index (χ4v) is 4.45. The van der Waals surface area contributed by atoms with E-state index >= 15 is 0 Å². The highest BCUT2D eigenvalue weighted by Crippen LogP contribution is 2.19. The Labute approximate surface area is 124 Å². The van der Waals surface area contributed by atoms with E-state index in [0.29, 0.717) is 24.9 Å². The highest BCUT2D eigenvalue weighted by molar-refractivity contribution is 7.89. The van der Waals surface area contributed by atoms with Gasteiger partial charge in [0.15, 0.2) is 0 Å². The van der Waals surface area contributed by atoms with Crippen LogP contribution >= 0.6 is 0 Å². The number of nitrogens with zero attached hydrogens (tertiary/aromatic N) is 2. The van der Waals surface area contributed by atoms with Crippen LogP contribution in [0.5, 0.6) is 0 Å². The Hall–Kier alpha value is -0.170. The minimum absolute atomic E-state index is 0.295. The average Bonchev–Trinajstić information content (AvgIpc) is 2.90. The van der Waals surface area contributed by atoms with Gasteiger partial charge in [-0.05, 0) is 45.4 Å². The maximum atomic E-state index is 12.3. The number of likely N-dealkylation sites (N-methyl/N-ethyl adjacent to an activating group) is 1. The molecule has 0 aromatic heterocycles. The molecule has 0 radical (unpaired) electrons. The molecule has 1 rings (SSSR count). The van der Waals surface area contributed by atoms with Crippen LogP contribution in [0, 0.1) is 0 Å². The van der Waals surface area contributed by atoms with Gasteiger partial charge in [0, 0.05) is 19.1 Å². The van der Waals surface area contributed by atoms with Crippen molar-refractivity contribution < 1.29 is 8.42 Å². The molecule has 0 aromatic rings. The number of nitrogens with one attached hydrogen (secondary N) is 1. The second kappa shape index (κ2) is 8.97. The van der Waals surface area contributed by atoms with Crippen molar-refractivity contribution in [3.63, 3.8) is 0 Å². The monoisotopic (exact) mass is 305 g/mol. The van der Waals surface area contributed by atoms with Gasteiger partial charge >= 0.3 is 0 Å². The molecule has 0 aromatic carbocycles. The number of sulfonamides is 1. The van der Waals surface area contributed by atoms with E-state index in [4.69, 9.17) is 0 Å². The molecular formula is C14H31N3O2S. The Morgan fingerprint density at radius 1 is 1.20 bits per heavy atom. The predicted octanol–water partition coefficient (Wildman–Crippen LogP) is 1.12. The van der Waals surface area contributed by atoms with Crippen LogP contribution in [0.15, 0.2) is 0 Å². The topological polar surface area (TPSA) is 52.7 Å². The van der Waals surface area contributed by atoms with E-state index in [-0.39, 0.29) is 0 Å². The smallest absolute Gasteiger partial charge is 0.214 e. The summed E-state index contributed by atoms with van der Waals surface area (Å²) in [6, 6.07) is 0.404. The van der Waals surface area contributed by atoms with E-state index in [1.165, 1.54) is 0 Å². The minimum atomic E-state index is -3.05. The summed E-state index contributed by atoms with van der Waals surface area (Å²) in [6.45, 7) is 11.6. The number of unbranched alkanes of at least 4 members (excludes halogenated alkanes) is 1. The molecule has 0 spiro atoms. The average molecular weight is 305 g/mol. The van der Waals surface area contributed by atoms with Gasteiger partial charge in [-0.25, -0.2) is 12.7 Å². The first-order chi connectivity index (χ1) is 9.55. The molecule has 20 heavy (non-hydrogen) atoms. The summed E-state index contributed by atoms with van der Waals surface area (Å²) in [5.41, 5.74) is 0. The van der Waals surface area contributed by atoms with Crippen molar-refractivity contribution in [2.75, 3.05) is 45.0 Å². The first-order valence-corrected chi connectivity index (χ1v) is 9.58. The first kappa shape index (κ1) is 17.9. The Morgan fingerprint density at radius 2 is 1.90 bits per heavy atom. The second-order valence-electron chi connectivity index (χ2n) is 5.40. The summed E-state index contributed by atoms with van der Waals surface area (Å²) < 4.78 is 26.3. The third-order valence-corrected chi connectivity index (χ3v) is 6.03. The molecule has 0 aliphatic carbocycles. The summed E-state index contributed by atoms with van der Waals surface area (Å²) in [4.78, 5) is 2.36. The van der Waals surface area contributed by atoms with Gasteiger partial charge in [0.1, 0.15) is 0 Å². The molecule has 6 heteroatoms. The Bertz CT molecular complexity index is 355. The zero-order valence-corrected chi connectivity index (χ0v) is 14.1. The summed E-state index contributed by atoms with van der Waals surface area (Å²) >= 11 is 0. The minimum Gasteiger partial charge on any atom is -0.317 e. The van der Waals surface area contributed by atoms with Gasteiger partial charge in [0.25, 0.3) is 0 Å². The second-order valence-corrected chi connectivity index (χ2v) is 7.49. The zero-order chi connectivity index (χ0) is 15.0. The number of hydrogen-bond acceptors (Lipinski definition) is 4. The van der Waals surface area contributed by atoms with E-state index in [2.05, 4.69) is 31.0 Å². The number of hydrogen-bond donors (Lipinski definition) is 1. The first-order valence-electron chi connectivity index (χ1n) is 7.97. The largest absolute Gasteiger partial charge is 0.317 e. The van der Waals surface area contributed by atoms with Crippen LogP contribution in [0.1, 0.15) is 40.0 Å². The van der Waals surface area contributed by atoms with Gasteiger partial charge < -0.3 is 5.32 Å². The lowest BCUT2D eigenvalue weighted by Crippen LogP contribution is -2.39. The maximum Gasteiger partial charge on any atom is 0.214 e. The quantitative estimate of drug-likeness (QED) is 0.615. The molecule has 0 bridgehead atoms. The molecule has 0 saturated carbocycles. The van der Waals surface area contributed by atoms with Crippen molar-refractivity contribution in [2.24, 2.45) is 0 Å². The Morgan fingerprint density at radius 3 is 2.50 bits per heavy atom. The fraction of sp³-hybridized carbons (Fsp3) is 1.00. The lowest BCUT2D eigenvalue weighted by molar-refractivity contribution is 0.224. The van der Waals surface area contributed by atoms with Crippen molar-refractivity contribution in [3.05, 3.63) is 0 Å². The molecule has 1 aliphatic rings. The summed E-state index contributed by atoms with van der Waals surface area (Å²) in [5, 5.41) is 3.23. The molecule has 120 valence electrons. The molecule has 1 fully saturated rings. The van der Waals surface area contributed by atoms with Gasteiger partial charge in [-0.3, -0.25) is 4.90 Å². The van der Waals surface area contributed by atoms with Gasteiger partial charge in [0.2, 0.25) is 10.0 Å². The van der Waals surface area contributed by atoms with Gasteiger partial charge in [-0.1, -0.05) is 20.8 Å². The van der Waals surface area contributed by atoms with Crippen LogP contribution in [0.4, 0.5) is 0 Å². The molecule has 1 saturated heterocycles. The molecule has 1 unspecified atom stereocenters. The molecule has 0 amide bonds. The van der Waals surface area contributed by atoms with E-state index in [9.17, 15) is 8.42 Å². The standard InChI is InChI=1S/C14H31N3O2S/c1-4-15-10-7-8-12-20(18,19)17-11-9-14(13-17)16(5-2)6-3/h14-15H,4-13H2,1-3H3. The van der Waals surface area contributed by atoms with Gasteiger partial charge in [0.05, 0.1) is 5.75 Å². The van der Waals surface area contributed by atoms with E-state index in [1.54, 1.807) is 4.31 Å². The lowest BCUT2D eigenvalue weighted by Gasteiger charge is -2.26. The molecule has 1 aliphatic heterocycles. The molecule has 5 nitrogen and oxygen atoms in total. The third-order valence-electron chi connectivity index (χ3n) is 4.10. The third kappa shape index (κ3) is 5.31. The van der Waals surface area contributed by atoms with Crippen LogP contribution in [0.25, 0.3) is 0 Å². The molecular weight excluding hydrogens is 274 g/mol. The van der Waals surface area contributed by atoms with Crippen LogP contribution in [-0.2, 0) is 10.0 Å². The highest BCUT2D eigenvalue weighted by atomic mass is 32.2. The molecule has 1 N–H and O–H groups in total. The van der Waals surface area contributed by atoms with Crippen LogP contribution in [0.3, 0.4) is 0 Å². The van der Waals surface area contributed by atoms with E-state index in [1.807, 2.05) is 0 Å². The van der Waals surface area contributed by atoms with Crippen LogP contribution < -0.4 is 5.32 Å². The SMILES string of the molecule is CCNCCCCS(=O)(=O)N1CCC(N(CC)CC)C1. The molecule has 1 atom stereocenters. The highest BCUT2D eigenvalue weighted by Gasteiger charge is 2.32. The summed E-state index contributed by atoms with van der Waals surface area (Å²) in [6.07, 6.45) is 2.65. The summed E-state index contributed by atoms with van der Waals surface area (Å²) in [5.74, 6) is 0.295. The Kier molecular flexibility index (Phi) is 8.02. The van der Waals surface area contributed by atoms with E-state index < -0.39 is 10.0 Å².